The minimum atomic E-state index is -3.73. The van der Waals surface area contributed by atoms with Crippen LogP contribution in [0.25, 0.3) is 16.8 Å². The first-order valence-corrected chi connectivity index (χ1v) is 10.8. The first kappa shape index (κ1) is 19.4. The second kappa shape index (κ2) is 7.81. The molecule has 8 heteroatoms. The van der Waals surface area contributed by atoms with Crippen LogP contribution in [-0.2, 0) is 14.3 Å². The molecule has 0 aliphatic heterocycles. The maximum absolute atomic E-state index is 12.2. The van der Waals surface area contributed by atoms with Crippen LogP contribution in [0.3, 0.4) is 0 Å². The Morgan fingerprint density at radius 2 is 1.79 bits per heavy atom. The standard InChI is InChI=1S/C21H22N4O3S/c1-16-8-10-17(11-9-16)29(26,27)28-15-5-13-24(2)20-12-14-25-19-7-4-3-6-18(19)22-21(25)23-20/h3-4,6-12,14H,5,13,15H2,1-2H3. The molecule has 4 aromatic rings. The van der Waals surface area contributed by atoms with Crippen LogP contribution in [0.1, 0.15) is 12.0 Å². The first-order valence-electron chi connectivity index (χ1n) is 9.35. The molecule has 29 heavy (non-hydrogen) atoms. The number of para-hydroxylation sites is 2. The van der Waals surface area contributed by atoms with Crippen molar-refractivity contribution in [2.75, 3.05) is 25.1 Å². The average molecular weight is 410 g/mol. The van der Waals surface area contributed by atoms with Gasteiger partial charge in [-0.1, -0.05) is 29.8 Å². The van der Waals surface area contributed by atoms with Crippen molar-refractivity contribution in [3.63, 3.8) is 0 Å². The predicted octanol–water partition coefficient (Wildman–Crippen LogP) is 3.42. The summed E-state index contributed by atoms with van der Waals surface area (Å²) in [5.74, 6) is 1.41. The second-order valence-corrected chi connectivity index (χ2v) is 8.54. The molecule has 150 valence electrons. The Bertz CT molecular complexity index is 1250. The number of benzene rings is 2. The largest absolute Gasteiger partial charge is 0.359 e. The summed E-state index contributed by atoms with van der Waals surface area (Å²) in [5.41, 5.74) is 2.91. The summed E-state index contributed by atoms with van der Waals surface area (Å²) in [4.78, 5) is 11.3. The summed E-state index contributed by atoms with van der Waals surface area (Å²) in [5, 5.41) is 0. The van der Waals surface area contributed by atoms with Crippen molar-refractivity contribution in [3.8, 4) is 0 Å². The lowest BCUT2D eigenvalue weighted by molar-refractivity contribution is 0.313. The molecule has 0 radical (unpaired) electrons. The molecule has 0 N–H and O–H groups in total. The van der Waals surface area contributed by atoms with Crippen molar-refractivity contribution < 1.29 is 12.6 Å². The number of imidazole rings is 1. The molecule has 2 aromatic carbocycles. The molecule has 0 amide bonds. The summed E-state index contributed by atoms with van der Waals surface area (Å²) >= 11 is 0. The molecule has 0 saturated heterocycles. The molecular weight excluding hydrogens is 388 g/mol. The third-order valence-corrected chi connectivity index (χ3v) is 6.07. The minimum absolute atomic E-state index is 0.107. The van der Waals surface area contributed by atoms with Crippen LogP contribution < -0.4 is 4.90 Å². The molecule has 2 aromatic heterocycles. The van der Waals surface area contributed by atoms with Gasteiger partial charge in [0, 0.05) is 19.8 Å². The van der Waals surface area contributed by atoms with Gasteiger partial charge >= 0.3 is 0 Å². The molecular formula is C21H22N4O3S. The maximum atomic E-state index is 12.2. The Kier molecular flexibility index (Phi) is 5.21. The Labute approximate surface area is 169 Å². The third kappa shape index (κ3) is 4.08. The van der Waals surface area contributed by atoms with Crippen LogP contribution in [0.15, 0.2) is 65.7 Å². The van der Waals surface area contributed by atoms with Gasteiger partial charge in [0.25, 0.3) is 10.1 Å². The van der Waals surface area contributed by atoms with E-state index in [9.17, 15) is 8.42 Å². The first-order chi connectivity index (χ1) is 13.9. The van der Waals surface area contributed by atoms with Gasteiger partial charge in [-0.3, -0.25) is 8.58 Å². The fourth-order valence-electron chi connectivity index (χ4n) is 3.11. The van der Waals surface area contributed by atoms with Crippen molar-refractivity contribution in [1.29, 1.82) is 0 Å². The number of nitrogens with zero attached hydrogens (tertiary/aromatic N) is 4. The molecule has 7 nitrogen and oxygen atoms in total. The maximum Gasteiger partial charge on any atom is 0.296 e. The number of hydrogen-bond acceptors (Lipinski definition) is 6. The van der Waals surface area contributed by atoms with Gasteiger partial charge in [-0.25, -0.2) is 4.98 Å². The van der Waals surface area contributed by atoms with E-state index in [4.69, 9.17) is 4.18 Å². The summed E-state index contributed by atoms with van der Waals surface area (Å²) in [7, 11) is -1.82. The van der Waals surface area contributed by atoms with E-state index in [1.165, 1.54) is 0 Å². The monoisotopic (exact) mass is 410 g/mol. The van der Waals surface area contributed by atoms with Crippen LogP contribution in [0.2, 0.25) is 0 Å². The molecule has 0 unspecified atom stereocenters. The quantitative estimate of drug-likeness (QED) is 0.343. The number of aryl methyl sites for hydroxylation is 1. The van der Waals surface area contributed by atoms with Gasteiger partial charge in [-0.05, 0) is 43.7 Å². The Hall–Kier alpha value is -2.97. The number of anilines is 1. The number of hydrogen-bond donors (Lipinski definition) is 0. The summed E-state index contributed by atoms with van der Waals surface area (Å²) in [6, 6.07) is 16.4. The van der Waals surface area contributed by atoms with E-state index in [1.807, 2.05) is 59.8 Å². The van der Waals surface area contributed by atoms with Crippen molar-refractivity contribution >= 4 is 32.7 Å². The highest BCUT2D eigenvalue weighted by molar-refractivity contribution is 7.86. The third-order valence-electron chi connectivity index (χ3n) is 4.74. The Morgan fingerprint density at radius 1 is 1.03 bits per heavy atom. The molecule has 0 spiro atoms. The van der Waals surface area contributed by atoms with E-state index in [0.717, 1.165) is 22.4 Å². The molecule has 0 atom stereocenters. The van der Waals surface area contributed by atoms with Gasteiger partial charge < -0.3 is 4.90 Å². The van der Waals surface area contributed by atoms with Gasteiger partial charge in [0.05, 0.1) is 22.5 Å². The summed E-state index contributed by atoms with van der Waals surface area (Å²) in [6.07, 6.45) is 2.49. The lowest BCUT2D eigenvalue weighted by atomic mass is 10.2. The van der Waals surface area contributed by atoms with E-state index in [1.54, 1.807) is 24.3 Å². The average Bonchev–Trinajstić information content (AvgIpc) is 3.09. The SMILES string of the molecule is Cc1ccc(S(=O)(=O)OCCCN(C)c2ccn3c(n2)nc2ccccc23)cc1. The zero-order valence-corrected chi connectivity index (χ0v) is 17.1. The Balaban J connectivity index is 1.37. The molecule has 0 bridgehead atoms. The molecule has 0 saturated carbocycles. The summed E-state index contributed by atoms with van der Waals surface area (Å²) < 4.78 is 31.6. The topological polar surface area (TPSA) is 76.8 Å². The summed E-state index contributed by atoms with van der Waals surface area (Å²) in [6.45, 7) is 2.62. The number of aromatic nitrogens is 3. The lowest BCUT2D eigenvalue weighted by Crippen LogP contribution is -2.22. The highest BCUT2D eigenvalue weighted by Crippen LogP contribution is 2.18. The van der Waals surface area contributed by atoms with Gasteiger partial charge in [0.15, 0.2) is 0 Å². The van der Waals surface area contributed by atoms with Gasteiger partial charge in [-0.15, -0.1) is 0 Å². The van der Waals surface area contributed by atoms with Crippen LogP contribution in [0.5, 0.6) is 0 Å². The lowest BCUT2D eigenvalue weighted by Gasteiger charge is -2.18. The van der Waals surface area contributed by atoms with Gasteiger partial charge in [0.2, 0.25) is 5.78 Å². The fourth-order valence-corrected chi connectivity index (χ4v) is 4.05. The van der Waals surface area contributed by atoms with Crippen molar-refractivity contribution in [3.05, 3.63) is 66.4 Å². The minimum Gasteiger partial charge on any atom is -0.359 e. The number of rotatable bonds is 7. The zero-order chi connectivity index (χ0) is 20.4. The van der Waals surface area contributed by atoms with E-state index in [2.05, 4.69) is 9.97 Å². The normalized spacial score (nSPS) is 11.9. The Morgan fingerprint density at radius 3 is 2.59 bits per heavy atom. The van der Waals surface area contributed by atoms with E-state index < -0.39 is 10.1 Å². The van der Waals surface area contributed by atoms with Crippen molar-refractivity contribution in [1.82, 2.24) is 14.4 Å². The van der Waals surface area contributed by atoms with E-state index >= 15 is 0 Å². The van der Waals surface area contributed by atoms with Crippen molar-refractivity contribution in [2.24, 2.45) is 0 Å². The molecule has 2 heterocycles. The smallest absolute Gasteiger partial charge is 0.296 e. The highest BCUT2D eigenvalue weighted by Gasteiger charge is 2.15. The number of fused-ring (bicyclic) bond motifs is 3. The fraction of sp³-hybridized carbons (Fsp3) is 0.238. The molecule has 0 aliphatic rings. The predicted molar refractivity (Wildman–Crippen MR) is 113 cm³/mol. The van der Waals surface area contributed by atoms with Gasteiger partial charge in [-0.2, -0.15) is 13.4 Å². The molecule has 0 aliphatic carbocycles. The van der Waals surface area contributed by atoms with Crippen LogP contribution in [0, 0.1) is 6.92 Å². The zero-order valence-electron chi connectivity index (χ0n) is 16.3. The second-order valence-electron chi connectivity index (χ2n) is 6.92. The van der Waals surface area contributed by atoms with E-state index in [-0.39, 0.29) is 11.5 Å². The van der Waals surface area contributed by atoms with Crippen LogP contribution >= 0.6 is 0 Å². The van der Waals surface area contributed by atoms with Gasteiger partial charge in [0.1, 0.15) is 5.82 Å². The van der Waals surface area contributed by atoms with Crippen LogP contribution in [-0.4, -0.2) is 43.0 Å². The highest BCUT2D eigenvalue weighted by atomic mass is 32.2. The van der Waals surface area contributed by atoms with E-state index in [0.29, 0.717) is 18.7 Å². The van der Waals surface area contributed by atoms with Crippen LogP contribution in [0.4, 0.5) is 5.82 Å². The van der Waals surface area contributed by atoms with Crippen molar-refractivity contribution in [2.45, 2.75) is 18.2 Å². The molecule has 0 fully saturated rings. The molecule has 4 rings (SSSR count).